The SMILES string of the molecule is Oc1cc(C(F)(F)F)ccc1-c1nnc(N2C[C@@H](O)C(F)(F)C2)c2ncccc12. The van der Waals surface area contributed by atoms with Crippen LogP contribution in [0.2, 0.25) is 0 Å². The minimum absolute atomic E-state index is 0.00646. The minimum Gasteiger partial charge on any atom is -0.507 e. The second kappa shape index (κ2) is 6.48. The molecule has 152 valence electrons. The first-order chi connectivity index (χ1) is 13.6. The second-order valence-electron chi connectivity index (χ2n) is 6.66. The Kier molecular flexibility index (Phi) is 4.30. The molecule has 3 aromatic rings. The molecular weight excluding hydrogens is 399 g/mol. The number of halogens is 5. The number of aliphatic hydroxyl groups excluding tert-OH is 1. The lowest BCUT2D eigenvalue weighted by molar-refractivity contribution is -0.137. The van der Waals surface area contributed by atoms with Gasteiger partial charge in [-0.05, 0) is 30.3 Å². The van der Waals surface area contributed by atoms with E-state index >= 15 is 0 Å². The molecule has 1 aliphatic rings. The maximum absolute atomic E-state index is 13.7. The van der Waals surface area contributed by atoms with Gasteiger partial charge in [0.25, 0.3) is 5.92 Å². The fraction of sp³-hybridized carbons (Fsp3) is 0.278. The lowest BCUT2D eigenvalue weighted by Gasteiger charge is -2.18. The molecule has 0 unspecified atom stereocenters. The molecule has 0 amide bonds. The van der Waals surface area contributed by atoms with E-state index in [0.29, 0.717) is 11.5 Å². The number of phenols is 1. The zero-order valence-electron chi connectivity index (χ0n) is 14.5. The highest BCUT2D eigenvalue weighted by atomic mass is 19.4. The number of fused-ring (bicyclic) bond motifs is 1. The predicted molar refractivity (Wildman–Crippen MR) is 92.6 cm³/mol. The van der Waals surface area contributed by atoms with Gasteiger partial charge in [-0.3, -0.25) is 4.98 Å². The number of anilines is 1. The minimum atomic E-state index is -4.63. The third-order valence-electron chi connectivity index (χ3n) is 4.68. The summed E-state index contributed by atoms with van der Waals surface area (Å²) in [5.74, 6) is -3.98. The molecule has 1 atom stereocenters. The van der Waals surface area contributed by atoms with Gasteiger partial charge in [0, 0.05) is 17.1 Å². The van der Waals surface area contributed by atoms with Crippen LogP contribution in [0.4, 0.5) is 27.8 Å². The predicted octanol–water partition coefficient (Wildman–Crippen LogP) is 3.23. The van der Waals surface area contributed by atoms with Crippen LogP contribution >= 0.6 is 0 Å². The first kappa shape index (κ1) is 19.2. The molecule has 6 nitrogen and oxygen atoms in total. The van der Waals surface area contributed by atoms with Gasteiger partial charge in [-0.25, -0.2) is 8.78 Å². The summed E-state index contributed by atoms with van der Waals surface area (Å²) < 4.78 is 66.0. The number of aromatic nitrogens is 3. The molecule has 4 rings (SSSR count). The van der Waals surface area contributed by atoms with E-state index in [2.05, 4.69) is 15.2 Å². The van der Waals surface area contributed by atoms with Gasteiger partial charge in [0.2, 0.25) is 0 Å². The summed E-state index contributed by atoms with van der Waals surface area (Å²) in [5.41, 5.74) is -0.822. The lowest BCUT2D eigenvalue weighted by atomic mass is 10.0. The molecule has 0 radical (unpaired) electrons. The fourth-order valence-corrected chi connectivity index (χ4v) is 3.22. The summed E-state index contributed by atoms with van der Waals surface area (Å²) in [6, 6.07) is 5.50. The number of alkyl halides is 5. The van der Waals surface area contributed by atoms with Crippen LogP contribution in [0, 0.1) is 0 Å². The van der Waals surface area contributed by atoms with E-state index < -0.39 is 36.1 Å². The monoisotopic (exact) mass is 412 g/mol. The van der Waals surface area contributed by atoms with Gasteiger partial charge in [0.05, 0.1) is 18.7 Å². The summed E-state index contributed by atoms with van der Waals surface area (Å²) in [6.45, 7) is -1.16. The molecule has 1 aromatic carbocycles. The van der Waals surface area contributed by atoms with Gasteiger partial charge >= 0.3 is 6.18 Å². The molecule has 0 aliphatic carbocycles. The molecule has 1 aliphatic heterocycles. The standard InChI is InChI=1S/C18H13F5N4O2/c19-17(20)8-27(7-13(17)29)16-15-11(2-1-5-24-15)14(25-26-16)10-4-3-9(6-12(10)28)18(21,22)23/h1-6,13,28-29H,7-8H2/t13-/m1/s1. The van der Waals surface area contributed by atoms with Crippen molar-refractivity contribution in [1.82, 2.24) is 15.2 Å². The number of hydrogen-bond donors (Lipinski definition) is 2. The Bertz CT molecular complexity index is 1090. The van der Waals surface area contributed by atoms with Crippen molar-refractivity contribution in [1.29, 1.82) is 0 Å². The Morgan fingerprint density at radius 3 is 2.52 bits per heavy atom. The van der Waals surface area contributed by atoms with Crippen LogP contribution in [-0.2, 0) is 6.18 Å². The molecule has 0 bridgehead atoms. The number of nitrogens with zero attached hydrogens (tertiary/aromatic N) is 4. The normalized spacial score (nSPS) is 19.1. The van der Waals surface area contributed by atoms with Crippen LogP contribution < -0.4 is 4.90 Å². The zero-order chi connectivity index (χ0) is 21.0. The van der Waals surface area contributed by atoms with E-state index in [9.17, 15) is 32.2 Å². The average Bonchev–Trinajstić information content (AvgIpc) is 2.93. The topological polar surface area (TPSA) is 82.4 Å². The van der Waals surface area contributed by atoms with Crippen LogP contribution in [0.1, 0.15) is 5.56 Å². The van der Waals surface area contributed by atoms with Crippen LogP contribution in [0.3, 0.4) is 0 Å². The summed E-state index contributed by atoms with van der Waals surface area (Å²) in [6.07, 6.45) is -5.10. The number of rotatable bonds is 2. The Morgan fingerprint density at radius 1 is 1.14 bits per heavy atom. The summed E-state index contributed by atoms with van der Waals surface area (Å²) in [7, 11) is 0. The summed E-state index contributed by atoms with van der Waals surface area (Å²) in [5, 5.41) is 27.8. The highest BCUT2D eigenvalue weighted by Crippen LogP contribution is 2.39. The van der Waals surface area contributed by atoms with Crippen molar-refractivity contribution in [3.05, 3.63) is 42.1 Å². The molecule has 29 heavy (non-hydrogen) atoms. The number of benzene rings is 1. The maximum Gasteiger partial charge on any atom is 0.416 e. The molecule has 1 saturated heterocycles. The van der Waals surface area contributed by atoms with Gasteiger partial charge < -0.3 is 15.1 Å². The molecule has 11 heteroatoms. The van der Waals surface area contributed by atoms with E-state index in [1.54, 1.807) is 0 Å². The first-order valence-corrected chi connectivity index (χ1v) is 8.41. The van der Waals surface area contributed by atoms with E-state index in [1.807, 2.05) is 0 Å². The second-order valence-corrected chi connectivity index (χ2v) is 6.66. The van der Waals surface area contributed by atoms with Gasteiger partial charge in [-0.1, -0.05) is 0 Å². The van der Waals surface area contributed by atoms with Gasteiger partial charge in [-0.15, -0.1) is 10.2 Å². The largest absolute Gasteiger partial charge is 0.507 e. The number of aromatic hydroxyl groups is 1. The third-order valence-corrected chi connectivity index (χ3v) is 4.68. The highest BCUT2D eigenvalue weighted by molar-refractivity contribution is 5.98. The number of phenolic OH excluding ortho intramolecular Hbond substituents is 1. The molecular formula is C18H13F5N4O2. The smallest absolute Gasteiger partial charge is 0.416 e. The van der Waals surface area contributed by atoms with Crippen molar-refractivity contribution >= 4 is 16.7 Å². The van der Waals surface area contributed by atoms with E-state index in [0.717, 1.165) is 17.0 Å². The van der Waals surface area contributed by atoms with E-state index in [1.165, 1.54) is 18.3 Å². The Morgan fingerprint density at radius 2 is 1.90 bits per heavy atom. The van der Waals surface area contributed by atoms with Crippen molar-refractivity contribution in [3.8, 4) is 17.0 Å². The first-order valence-electron chi connectivity index (χ1n) is 8.41. The van der Waals surface area contributed by atoms with Crippen molar-refractivity contribution in [2.75, 3.05) is 18.0 Å². The zero-order valence-corrected chi connectivity index (χ0v) is 14.5. The summed E-state index contributed by atoms with van der Waals surface area (Å²) in [4.78, 5) is 5.28. The van der Waals surface area contributed by atoms with Gasteiger partial charge in [-0.2, -0.15) is 13.2 Å². The van der Waals surface area contributed by atoms with Crippen LogP contribution in [-0.4, -0.2) is 50.5 Å². The lowest BCUT2D eigenvalue weighted by Crippen LogP contribution is -2.31. The summed E-state index contributed by atoms with van der Waals surface area (Å²) >= 11 is 0. The Labute approximate surface area is 160 Å². The van der Waals surface area contributed by atoms with E-state index in [4.69, 9.17) is 0 Å². The van der Waals surface area contributed by atoms with Crippen LogP contribution in [0.5, 0.6) is 5.75 Å². The molecule has 2 aromatic heterocycles. The van der Waals surface area contributed by atoms with Crippen molar-refractivity contribution in [2.24, 2.45) is 0 Å². The highest BCUT2D eigenvalue weighted by Gasteiger charge is 2.48. The maximum atomic E-state index is 13.7. The van der Waals surface area contributed by atoms with Crippen LogP contribution in [0.15, 0.2) is 36.5 Å². The fourth-order valence-electron chi connectivity index (χ4n) is 3.22. The number of aliphatic hydroxyl groups is 1. The van der Waals surface area contributed by atoms with Gasteiger partial charge in [0.1, 0.15) is 23.1 Å². The average molecular weight is 412 g/mol. The van der Waals surface area contributed by atoms with Gasteiger partial charge in [0.15, 0.2) is 5.82 Å². The van der Waals surface area contributed by atoms with Crippen molar-refractivity contribution < 1.29 is 32.2 Å². The molecule has 0 spiro atoms. The molecule has 2 N–H and O–H groups in total. The molecule has 0 saturated carbocycles. The number of pyridine rings is 1. The Balaban J connectivity index is 1.83. The third kappa shape index (κ3) is 3.31. The van der Waals surface area contributed by atoms with Crippen LogP contribution in [0.25, 0.3) is 22.2 Å². The Hall–Kier alpha value is -3.08. The van der Waals surface area contributed by atoms with Crippen molar-refractivity contribution in [2.45, 2.75) is 18.2 Å². The quantitative estimate of drug-likeness (QED) is 0.629. The molecule has 3 heterocycles. The molecule has 1 fully saturated rings. The number of hydrogen-bond acceptors (Lipinski definition) is 6. The number of β-amino-alcohol motifs (C(OH)–C–C–N with tert-alkyl or cyclic N) is 1. The van der Waals surface area contributed by atoms with E-state index in [-0.39, 0.29) is 29.1 Å². The van der Waals surface area contributed by atoms with Crippen molar-refractivity contribution in [3.63, 3.8) is 0 Å².